The lowest BCUT2D eigenvalue weighted by atomic mass is 9.75. The zero-order valence-corrected chi connectivity index (χ0v) is 20.7. The summed E-state index contributed by atoms with van der Waals surface area (Å²) in [7, 11) is 0. The largest absolute Gasteiger partial charge is 0.458 e. The number of ether oxygens (including phenoxy) is 1. The Morgan fingerprint density at radius 1 is 0.824 bits per heavy atom. The Kier molecular flexibility index (Phi) is 6.16. The van der Waals surface area contributed by atoms with Gasteiger partial charge >= 0.3 is 5.97 Å². The Bertz CT molecular complexity index is 1350. The van der Waals surface area contributed by atoms with Crippen LogP contribution < -0.4 is 0 Å². The number of fused-ring (bicyclic) bond motifs is 2. The van der Waals surface area contributed by atoms with Crippen LogP contribution in [-0.2, 0) is 4.74 Å². The number of hydrogen-bond acceptors (Lipinski definition) is 2. The van der Waals surface area contributed by atoms with Gasteiger partial charge in [-0.3, -0.25) is 0 Å². The van der Waals surface area contributed by atoms with Gasteiger partial charge in [-0.15, -0.1) is 0 Å². The first-order chi connectivity index (χ1) is 16.4. The summed E-state index contributed by atoms with van der Waals surface area (Å²) < 4.78 is 6.32. The molecule has 0 amide bonds. The van der Waals surface area contributed by atoms with E-state index < -0.39 is 0 Å². The summed E-state index contributed by atoms with van der Waals surface area (Å²) >= 11 is 0. The van der Waals surface area contributed by atoms with Gasteiger partial charge in [0.05, 0.1) is 5.56 Å². The van der Waals surface area contributed by atoms with Crippen molar-refractivity contribution in [3.8, 4) is 11.1 Å². The molecule has 34 heavy (non-hydrogen) atoms. The van der Waals surface area contributed by atoms with Crippen LogP contribution in [-0.4, -0.2) is 12.1 Å². The average Bonchev–Trinajstić information content (AvgIpc) is 2.82. The topological polar surface area (TPSA) is 26.3 Å². The van der Waals surface area contributed by atoms with Crippen LogP contribution in [0.5, 0.6) is 0 Å². The van der Waals surface area contributed by atoms with Crippen LogP contribution in [0.15, 0.2) is 72.8 Å². The molecule has 0 heterocycles. The van der Waals surface area contributed by atoms with Crippen LogP contribution >= 0.6 is 0 Å². The monoisotopic (exact) mass is 450 g/mol. The number of esters is 1. The molecule has 0 spiro atoms. The van der Waals surface area contributed by atoms with Crippen molar-refractivity contribution < 1.29 is 9.53 Å². The van der Waals surface area contributed by atoms with Crippen molar-refractivity contribution in [2.75, 3.05) is 0 Å². The van der Waals surface area contributed by atoms with Crippen molar-refractivity contribution in [1.82, 2.24) is 0 Å². The van der Waals surface area contributed by atoms with Crippen LogP contribution in [0.4, 0.5) is 0 Å². The van der Waals surface area contributed by atoms with Crippen LogP contribution in [0.3, 0.4) is 0 Å². The Morgan fingerprint density at radius 3 is 2.00 bits per heavy atom. The number of benzene rings is 4. The molecule has 1 aliphatic carbocycles. The van der Waals surface area contributed by atoms with E-state index in [9.17, 15) is 4.79 Å². The lowest BCUT2D eigenvalue weighted by molar-refractivity contribution is -0.0173. The first-order valence-corrected chi connectivity index (χ1v) is 12.6. The van der Waals surface area contributed by atoms with Crippen molar-refractivity contribution in [2.45, 2.75) is 53.1 Å². The highest BCUT2D eigenvalue weighted by Gasteiger charge is 2.34. The Labute approximate surface area is 203 Å². The fourth-order valence-electron chi connectivity index (χ4n) is 5.73. The molecule has 5 rings (SSSR count). The maximum Gasteiger partial charge on any atom is 0.339 e. The van der Waals surface area contributed by atoms with Gasteiger partial charge in [0.1, 0.15) is 6.10 Å². The standard InChI is InChI=1S/C32H34O2/c1-20(2)27-14-13-21(3)15-31(27)34-32(33)30-19-26-12-8-7-11-25(26)18-29(30)28-17-24-10-6-5-9-23(24)16-22(28)4/h5-12,16-21,27,31H,13-15H2,1-4H3. The van der Waals surface area contributed by atoms with E-state index in [1.54, 1.807) is 0 Å². The first-order valence-electron chi connectivity index (χ1n) is 12.6. The quantitative estimate of drug-likeness (QED) is 0.291. The van der Waals surface area contributed by atoms with Gasteiger partial charge in [0.2, 0.25) is 0 Å². The molecule has 0 N–H and O–H groups in total. The van der Waals surface area contributed by atoms with Gasteiger partial charge in [-0.25, -0.2) is 4.79 Å². The predicted molar refractivity (Wildman–Crippen MR) is 142 cm³/mol. The maximum atomic E-state index is 13.8. The molecule has 174 valence electrons. The third-order valence-electron chi connectivity index (χ3n) is 7.71. The summed E-state index contributed by atoms with van der Waals surface area (Å²) in [6.07, 6.45) is 3.28. The van der Waals surface area contributed by atoms with Gasteiger partial charge in [0, 0.05) is 0 Å². The maximum absolute atomic E-state index is 13.8. The minimum absolute atomic E-state index is 0.0201. The Morgan fingerprint density at radius 2 is 1.38 bits per heavy atom. The molecule has 2 nitrogen and oxygen atoms in total. The molecule has 1 saturated carbocycles. The Hall–Kier alpha value is -3.13. The van der Waals surface area contributed by atoms with Crippen LogP contribution in [0.1, 0.15) is 56.0 Å². The van der Waals surface area contributed by atoms with Crippen LogP contribution in [0, 0.1) is 24.7 Å². The summed E-state index contributed by atoms with van der Waals surface area (Å²) in [5, 5.41) is 4.59. The van der Waals surface area contributed by atoms with E-state index in [-0.39, 0.29) is 12.1 Å². The van der Waals surface area contributed by atoms with E-state index >= 15 is 0 Å². The van der Waals surface area contributed by atoms with E-state index in [0.29, 0.717) is 23.3 Å². The third kappa shape index (κ3) is 4.34. The predicted octanol–water partition coefficient (Wildman–Crippen LogP) is 8.59. The lowest BCUT2D eigenvalue weighted by Crippen LogP contribution is -2.36. The molecule has 2 heteroatoms. The van der Waals surface area contributed by atoms with Crippen molar-refractivity contribution in [1.29, 1.82) is 0 Å². The fraction of sp³-hybridized carbons (Fsp3) is 0.344. The van der Waals surface area contributed by atoms with Gasteiger partial charge in [0.25, 0.3) is 0 Å². The molecule has 1 fully saturated rings. The van der Waals surface area contributed by atoms with Gasteiger partial charge in [-0.05, 0) is 94.0 Å². The molecular weight excluding hydrogens is 416 g/mol. The second kappa shape index (κ2) is 9.25. The summed E-state index contributed by atoms with van der Waals surface area (Å²) in [4.78, 5) is 13.8. The van der Waals surface area contributed by atoms with Crippen molar-refractivity contribution >= 4 is 27.5 Å². The summed E-state index contributed by atoms with van der Waals surface area (Å²) in [5.41, 5.74) is 3.87. The van der Waals surface area contributed by atoms with E-state index in [0.717, 1.165) is 40.3 Å². The molecule has 3 atom stereocenters. The molecule has 0 bridgehead atoms. The zero-order valence-electron chi connectivity index (χ0n) is 20.7. The SMILES string of the molecule is Cc1cc2ccccc2cc1-c1cc2ccccc2cc1C(=O)OC1CC(C)CCC1C(C)C. The highest BCUT2D eigenvalue weighted by Crippen LogP contribution is 2.38. The van der Waals surface area contributed by atoms with Gasteiger partial charge < -0.3 is 4.74 Å². The molecule has 0 aliphatic heterocycles. The minimum atomic E-state index is -0.196. The Balaban J connectivity index is 1.61. The van der Waals surface area contributed by atoms with Crippen molar-refractivity contribution in [2.24, 2.45) is 17.8 Å². The van der Waals surface area contributed by atoms with E-state index in [1.807, 2.05) is 18.2 Å². The number of aryl methyl sites for hydroxylation is 1. The molecular formula is C32H34O2. The average molecular weight is 451 g/mol. The summed E-state index contributed by atoms with van der Waals surface area (Å²) in [5.74, 6) is 1.32. The zero-order chi connectivity index (χ0) is 23.8. The van der Waals surface area contributed by atoms with Crippen molar-refractivity contribution in [3.05, 3.63) is 83.9 Å². The molecule has 1 aliphatic rings. The summed E-state index contributed by atoms with van der Waals surface area (Å²) in [6, 6.07) is 25.3. The number of carbonyl (C=O) groups is 1. The summed E-state index contributed by atoms with van der Waals surface area (Å²) in [6.45, 7) is 8.91. The molecule has 0 saturated heterocycles. The van der Waals surface area contributed by atoms with Crippen LogP contribution in [0.2, 0.25) is 0 Å². The smallest absolute Gasteiger partial charge is 0.339 e. The number of hydrogen-bond donors (Lipinski definition) is 0. The fourth-order valence-corrected chi connectivity index (χ4v) is 5.73. The second-order valence-electron chi connectivity index (χ2n) is 10.5. The van der Waals surface area contributed by atoms with E-state index in [2.05, 4.69) is 82.3 Å². The highest BCUT2D eigenvalue weighted by atomic mass is 16.5. The van der Waals surface area contributed by atoms with E-state index in [1.165, 1.54) is 17.2 Å². The van der Waals surface area contributed by atoms with Crippen LogP contribution in [0.25, 0.3) is 32.7 Å². The highest BCUT2D eigenvalue weighted by molar-refractivity contribution is 6.04. The molecule has 4 aromatic rings. The lowest BCUT2D eigenvalue weighted by Gasteiger charge is -2.36. The normalized spacial score (nSPS) is 20.7. The second-order valence-corrected chi connectivity index (χ2v) is 10.5. The minimum Gasteiger partial charge on any atom is -0.458 e. The molecule has 0 radical (unpaired) electrons. The third-order valence-corrected chi connectivity index (χ3v) is 7.71. The number of rotatable bonds is 4. The molecule has 0 aromatic heterocycles. The molecule has 3 unspecified atom stereocenters. The first kappa shape index (κ1) is 22.7. The van der Waals surface area contributed by atoms with Gasteiger partial charge in [-0.2, -0.15) is 0 Å². The molecule has 4 aromatic carbocycles. The number of carbonyl (C=O) groups excluding carboxylic acids is 1. The van der Waals surface area contributed by atoms with Gasteiger partial charge in [0.15, 0.2) is 0 Å². The van der Waals surface area contributed by atoms with E-state index in [4.69, 9.17) is 4.74 Å². The van der Waals surface area contributed by atoms with Gasteiger partial charge in [-0.1, -0.05) is 81.8 Å². The van der Waals surface area contributed by atoms with Crippen molar-refractivity contribution in [3.63, 3.8) is 0 Å².